The first-order valence-electron chi connectivity index (χ1n) is 5.83. The molecule has 102 valence electrons. The molecule has 0 aliphatic heterocycles. The number of nitrogens with zero attached hydrogens (tertiary/aromatic N) is 4. The Balaban J connectivity index is 2.12. The standard InChI is InChI=1S/C13H9F3N4/c14-13(15,16)12-10-7-17-6-4-11(10)20(19-12)8-9-3-1-2-5-18-9/h1-7H,8H2. The molecule has 0 amide bonds. The molecule has 0 bridgehead atoms. The average Bonchev–Trinajstić information content (AvgIpc) is 2.79. The van der Waals surface area contributed by atoms with Crippen LogP contribution in [0.5, 0.6) is 0 Å². The van der Waals surface area contributed by atoms with E-state index in [1.165, 1.54) is 23.1 Å². The molecule has 3 heterocycles. The molecule has 20 heavy (non-hydrogen) atoms. The van der Waals surface area contributed by atoms with E-state index in [2.05, 4.69) is 15.1 Å². The molecule has 3 rings (SSSR count). The third-order valence-electron chi connectivity index (χ3n) is 2.86. The highest BCUT2D eigenvalue weighted by Crippen LogP contribution is 2.33. The quantitative estimate of drug-likeness (QED) is 0.724. The normalized spacial score (nSPS) is 11.9. The van der Waals surface area contributed by atoms with Gasteiger partial charge in [0, 0.05) is 18.6 Å². The lowest BCUT2D eigenvalue weighted by molar-refractivity contribution is -0.140. The van der Waals surface area contributed by atoms with Crippen LogP contribution >= 0.6 is 0 Å². The van der Waals surface area contributed by atoms with E-state index in [0.29, 0.717) is 11.2 Å². The summed E-state index contributed by atoms with van der Waals surface area (Å²) >= 11 is 0. The van der Waals surface area contributed by atoms with Gasteiger partial charge in [0.15, 0.2) is 5.69 Å². The molecule has 0 unspecified atom stereocenters. The predicted octanol–water partition coefficient (Wildman–Crippen LogP) is 2.89. The molecule has 0 atom stereocenters. The van der Waals surface area contributed by atoms with Crippen molar-refractivity contribution in [1.29, 1.82) is 0 Å². The van der Waals surface area contributed by atoms with Gasteiger partial charge in [-0.15, -0.1) is 0 Å². The molecular weight excluding hydrogens is 269 g/mol. The van der Waals surface area contributed by atoms with Crippen LogP contribution in [0.4, 0.5) is 13.2 Å². The molecule has 0 saturated carbocycles. The Bertz CT molecular complexity index is 734. The van der Waals surface area contributed by atoms with E-state index in [-0.39, 0.29) is 11.9 Å². The highest BCUT2D eigenvalue weighted by Gasteiger charge is 2.36. The maximum absolute atomic E-state index is 13.0. The fraction of sp³-hybridized carbons (Fsp3) is 0.154. The van der Waals surface area contributed by atoms with Gasteiger partial charge >= 0.3 is 6.18 Å². The van der Waals surface area contributed by atoms with E-state index in [0.717, 1.165) is 0 Å². The number of rotatable bonds is 2. The maximum atomic E-state index is 13.0. The zero-order valence-electron chi connectivity index (χ0n) is 10.2. The Hall–Kier alpha value is -2.44. The molecule has 0 aliphatic rings. The van der Waals surface area contributed by atoms with Crippen LogP contribution in [-0.4, -0.2) is 19.7 Å². The van der Waals surface area contributed by atoms with E-state index >= 15 is 0 Å². The van der Waals surface area contributed by atoms with Crippen LogP contribution in [0.15, 0.2) is 42.9 Å². The fourth-order valence-electron chi connectivity index (χ4n) is 2.00. The Morgan fingerprint density at radius 3 is 2.65 bits per heavy atom. The smallest absolute Gasteiger partial charge is 0.264 e. The molecule has 0 fully saturated rings. The first-order chi connectivity index (χ1) is 9.55. The van der Waals surface area contributed by atoms with Crippen molar-refractivity contribution in [1.82, 2.24) is 19.7 Å². The summed E-state index contributed by atoms with van der Waals surface area (Å²) in [5.74, 6) is 0. The highest BCUT2D eigenvalue weighted by molar-refractivity contribution is 5.81. The number of aromatic nitrogens is 4. The van der Waals surface area contributed by atoms with Crippen molar-refractivity contribution in [3.05, 3.63) is 54.2 Å². The topological polar surface area (TPSA) is 43.6 Å². The Morgan fingerprint density at radius 2 is 1.95 bits per heavy atom. The minimum absolute atomic E-state index is 0.00377. The molecule has 0 N–H and O–H groups in total. The number of hydrogen-bond acceptors (Lipinski definition) is 3. The van der Waals surface area contributed by atoms with Gasteiger partial charge in [-0.3, -0.25) is 14.6 Å². The van der Waals surface area contributed by atoms with Gasteiger partial charge in [-0.05, 0) is 18.2 Å². The Kier molecular flexibility index (Phi) is 2.89. The van der Waals surface area contributed by atoms with Crippen molar-refractivity contribution in [2.75, 3.05) is 0 Å². The molecule has 0 saturated heterocycles. The molecule has 4 nitrogen and oxygen atoms in total. The molecular formula is C13H9F3N4. The van der Waals surface area contributed by atoms with Crippen molar-refractivity contribution < 1.29 is 13.2 Å². The summed E-state index contributed by atoms with van der Waals surface area (Å²) < 4.78 is 40.1. The summed E-state index contributed by atoms with van der Waals surface area (Å²) in [4.78, 5) is 7.83. The van der Waals surface area contributed by atoms with E-state index in [4.69, 9.17) is 0 Å². The number of halogens is 3. The summed E-state index contributed by atoms with van der Waals surface area (Å²) in [7, 11) is 0. The lowest BCUT2D eigenvalue weighted by Crippen LogP contribution is -2.09. The van der Waals surface area contributed by atoms with Crippen LogP contribution in [0.25, 0.3) is 10.9 Å². The molecule has 0 spiro atoms. The van der Waals surface area contributed by atoms with Crippen LogP contribution < -0.4 is 0 Å². The number of pyridine rings is 2. The van der Waals surface area contributed by atoms with Gasteiger partial charge in [0.25, 0.3) is 0 Å². The molecule has 7 heteroatoms. The van der Waals surface area contributed by atoms with E-state index in [9.17, 15) is 13.2 Å². The second kappa shape index (κ2) is 4.59. The lowest BCUT2D eigenvalue weighted by Gasteiger charge is -2.03. The zero-order valence-corrected chi connectivity index (χ0v) is 10.2. The van der Waals surface area contributed by atoms with Gasteiger partial charge < -0.3 is 0 Å². The molecule has 3 aromatic rings. The summed E-state index contributed by atoms with van der Waals surface area (Å²) in [5, 5.41) is 3.66. The van der Waals surface area contributed by atoms with Gasteiger partial charge in [0.1, 0.15) is 0 Å². The Labute approximate surface area is 111 Å². The van der Waals surface area contributed by atoms with Gasteiger partial charge in [-0.2, -0.15) is 18.3 Å². The van der Waals surface area contributed by atoms with E-state index in [1.807, 2.05) is 0 Å². The van der Waals surface area contributed by atoms with Crippen LogP contribution in [0.2, 0.25) is 0 Å². The summed E-state index contributed by atoms with van der Waals surface area (Å²) in [5.41, 5.74) is 0.108. The number of hydrogen-bond donors (Lipinski definition) is 0. The second-order valence-corrected chi connectivity index (χ2v) is 4.22. The van der Waals surface area contributed by atoms with Crippen molar-refractivity contribution in [2.45, 2.75) is 12.7 Å². The van der Waals surface area contributed by atoms with Crippen molar-refractivity contribution >= 4 is 10.9 Å². The average molecular weight is 278 g/mol. The number of alkyl halides is 3. The first kappa shape index (κ1) is 12.6. The third-order valence-corrected chi connectivity index (χ3v) is 2.86. The van der Waals surface area contributed by atoms with Gasteiger partial charge in [-0.1, -0.05) is 6.07 Å². The van der Waals surface area contributed by atoms with Gasteiger partial charge in [-0.25, -0.2) is 0 Å². The van der Waals surface area contributed by atoms with Crippen LogP contribution in [0.1, 0.15) is 11.4 Å². The fourth-order valence-corrected chi connectivity index (χ4v) is 2.00. The summed E-state index contributed by atoms with van der Waals surface area (Å²) in [6.07, 6.45) is -0.289. The molecule has 3 aromatic heterocycles. The minimum atomic E-state index is -4.50. The third kappa shape index (κ3) is 2.22. The second-order valence-electron chi connectivity index (χ2n) is 4.22. The monoisotopic (exact) mass is 278 g/mol. The molecule has 0 aliphatic carbocycles. The van der Waals surface area contributed by atoms with Crippen LogP contribution in [-0.2, 0) is 12.7 Å². The maximum Gasteiger partial charge on any atom is 0.435 e. The largest absolute Gasteiger partial charge is 0.435 e. The van der Waals surface area contributed by atoms with Crippen molar-refractivity contribution in [3.8, 4) is 0 Å². The van der Waals surface area contributed by atoms with Crippen LogP contribution in [0.3, 0.4) is 0 Å². The Morgan fingerprint density at radius 1 is 1.10 bits per heavy atom. The first-order valence-corrected chi connectivity index (χ1v) is 5.83. The summed E-state index contributed by atoms with van der Waals surface area (Å²) in [6.45, 7) is 0.178. The van der Waals surface area contributed by atoms with E-state index in [1.54, 1.807) is 24.4 Å². The zero-order chi connectivity index (χ0) is 14.2. The minimum Gasteiger partial charge on any atom is -0.264 e. The SMILES string of the molecule is FC(F)(F)c1nn(Cc2ccccn2)c2ccncc12. The summed E-state index contributed by atoms with van der Waals surface area (Å²) in [6, 6.07) is 6.78. The molecule has 0 aromatic carbocycles. The highest BCUT2D eigenvalue weighted by atomic mass is 19.4. The van der Waals surface area contributed by atoms with Gasteiger partial charge in [0.05, 0.1) is 23.1 Å². The molecule has 0 radical (unpaired) electrons. The van der Waals surface area contributed by atoms with Crippen molar-refractivity contribution in [3.63, 3.8) is 0 Å². The van der Waals surface area contributed by atoms with Crippen molar-refractivity contribution in [2.24, 2.45) is 0 Å². The van der Waals surface area contributed by atoms with Gasteiger partial charge in [0.2, 0.25) is 0 Å². The number of fused-ring (bicyclic) bond motifs is 1. The predicted molar refractivity (Wildman–Crippen MR) is 65.9 cm³/mol. The van der Waals surface area contributed by atoms with Crippen LogP contribution in [0, 0.1) is 0 Å². The lowest BCUT2D eigenvalue weighted by atomic mass is 10.2. The van der Waals surface area contributed by atoms with E-state index < -0.39 is 11.9 Å².